The highest BCUT2D eigenvalue weighted by molar-refractivity contribution is 6.04. The molecule has 1 saturated heterocycles. The molecule has 5 rings (SSSR count). The van der Waals surface area contributed by atoms with Crippen LogP contribution in [0.2, 0.25) is 0 Å². The molecule has 1 fully saturated rings. The molecule has 0 radical (unpaired) electrons. The third-order valence-corrected chi connectivity index (χ3v) is 5.55. The van der Waals surface area contributed by atoms with Crippen molar-refractivity contribution in [3.05, 3.63) is 60.3 Å². The summed E-state index contributed by atoms with van der Waals surface area (Å²) in [6.45, 7) is 3.63. The predicted molar refractivity (Wildman–Crippen MR) is 113 cm³/mol. The van der Waals surface area contributed by atoms with Crippen LogP contribution in [0.3, 0.4) is 0 Å². The minimum atomic E-state index is -0.448. The highest BCUT2D eigenvalue weighted by Gasteiger charge is 2.38. The number of pyridine rings is 3. The van der Waals surface area contributed by atoms with Crippen LogP contribution < -0.4 is 15.1 Å². The second-order valence-corrected chi connectivity index (χ2v) is 7.63. The smallest absolute Gasteiger partial charge is 0.329 e. The summed E-state index contributed by atoms with van der Waals surface area (Å²) >= 11 is 0. The maximum absolute atomic E-state index is 13.5. The Morgan fingerprint density at radius 3 is 2.87 bits per heavy atom. The van der Waals surface area contributed by atoms with Crippen LogP contribution in [0.25, 0.3) is 11.3 Å². The molecule has 2 amide bonds. The van der Waals surface area contributed by atoms with Gasteiger partial charge in [-0.05, 0) is 50.1 Å². The number of fused-ring (bicyclic) bond motifs is 4. The molecule has 2 aliphatic rings. The van der Waals surface area contributed by atoms with E-state index in [2.05, 4.69) is 20.2 Å². The average Bonchev–Trinajstić information content (AvgIpc) is 2.74. The van der Waals surface area contributed by atoms with E-state index in [1.165, 1.54) is 18.3 Å². The number of urea groups is 1. The van der Waals surface area contributed by atoms with Gasteiger partial charge in [-0.25, -0.2) is 19.2 Å². The summed E-state index contributed by atoms with van der Waals surface area (Å²) < 4.78 is 13.5. The monoisotopic (exact) mass is 404 g/mol. The van der Waals surface area contributed by atoms with Gasteiger partial charge in [0.2, 0.25) is 0 Å². The number of rotatable bonds is 2. The van der Waals surface area contributed by atoms with Crippen molar-refractivity contribution < 1.29 is 9.18 Å². The molecule has 3 aromatic heterocycles. The molecule has 0 saturated carbocycles. The molecule has 2 bridgehead atoms. The van der Waals surface area contributed by atoms with Gasteiger partial charge in [0.15, 0.2) is 5.82 Å². The molecule has 8 heteroatoms. The van der Waals surface area contributed by atoms with Crippen LogP contribution in [-0.2, 0) is 0 Å². The van der Waals surface area contributed by atoms with Crippen LogP contribution >= 0.6 is 0 Å². The van der Waals surface area contributed by atoms with E-state index in [-0.39, 0.29) is 17.9 Å². The van der Waals surface area contributed by atoms with E-state index in [9.17, 15) is 9.18 Å². The number of anilines is 3. The lowest BCUT2D eigenvalue weighted by molar-refractivity contribution is 0.252. The van der Waals surface area contributed by atoms with E-state index in [4.69, 9.17) is 4.98 Å². The standard InChI is InChI=1S/C22H21FN6O/c1-14-11-15(6-8-24-14)18-4-5-19-21(26-18)29(17-3-2-10-28(19)13-17)22(30)27-20-12-16(23)7-9-25-20/h4-9,11-12,17H,2-3,10,13H2,1H3,(H,25,27,30)/t17-/m0/s1. The topological polar surface area (TPSA) is 74.2 Å². The number of carbonyl (C=O) groups is 1. The Morgan fingerprint density at radius 1 is 1.17 bits per heavy atom. The molecule has 30 heavy (non-hydrogen) atoms. The van der Waals surface area contributed by atoms with Crippen molar-refractivity contribution in [2.75, 3.05) is 28.2 Å². The fraction of sp³-hybridized carbons (Fsp3) is 0.273. The molecule has 2 aliphatic heterocycles. The molecule has 0 aliphatic carbocycles. The van der Waals surface area contributed by atoms with Gasteiger partial charge in [0.25, 0.3) is 0 Å². The molecule has 152 valence electrons. The highest BCUT2D eigenvalue weighted by atomic mass is 19.1. The number of halogens is 1. The summed E-state index contributed by atoms with van der Waals surface area (Å²) in [5.74, 6) is 0.351. The molecule has 0 unspecified atom stereocenters. The van der Waals surface area contributed by atoms with Crippen LogP contribution in [-0.4, -0.2) is 40.1 Å². The molecular formula is C22H21FN6O. The first kappa shape index (κ1) is 18.5. The molecule has 1 N–H and O–H groups in total. The zero-order valence-corrected chi connectivity index (χ0v) is 16.5. The van der Waals surface area contributed by atoms with Gasteiger partial charge in [-0.2, -0.15) is 0 Å². The number of aryl methyl sites for hydroxylation is 1. The van der Waals surface area contributed by atoms with Crippen molar-refractivity contribution in [2.45, 2.75) is 25.8 Å². The van der Waals surface area contributed by atoms with Gasteiger partial charge >= 0.3 is 6.03 Å². The second kappa shape index (κ2) is 7.37. The van der Waals surface area contributed by atoms with Crippen molar-refractivity contribution in [2.24, 2.45) is 0 Å². The molecule has 5 heterocycles. The summed E-state index contributed by atoms with van der Waals surface area (Å²) in [4.78, 5) is 30.4. The lowest BCUT2D eigenvalue weighted by Gasteiger charge is -2.45. The SMILES string of the molecule is Cc1cc(-c2ccc3c(n2)N(C(=O)Nc2cc(F)ccn2)[C@H]2CCCN3C2)ccn1. The summed E-state index contributed by atoms with van der Waals surface area (Å²) in [5, 5.41) is 2.73. The Kier molecular flexibility index (Phi) is 4.54. The summed E-state index contributed by atoms with van der Waals surface area (Å²) in [7, 11) is 0. The maximum Gasteiger partial charge on any atom is 0.329 e. The van der Waals surface area contributed by atoms with Crippen LogP contribution in [0, 0.1) is 12.7 Å². The Hall–Kier alpha value is -3.55. The van der Waals surface area contributed by atoms with E-state index in [1.54, 1.807) is 11.1 Å². The third kappa shape index (κ3) is 3.34. The molecule has 0 spiro atoms. The van der Waals surface area contributed by atoms with E-state index in [0.717, 1.165) is 48.6 Å². The quantitative estimate of drug-likeness (QED) is 0.699. The van der Waals surface area contributed by atoms with E-state index in [0.29, 0.717) is 5.82 Å². The van der Waals surface area contributed by atoms with Crippen LogP contribution in [0.4, 0.5) is 26.5 Å². The molecule has 1 atom stereocenters. The first-order chi connectivity index (χ1) is 14.6. The molecular weight excluding hydrogens is 383 g/mol. The van der Waals surface area contributed by atoms with Gasteiger partial charge in [-0.15, -0.1) is 0 Å². The zero-order valence-electron chi connectivity index (χ0n) is 16.5. The Balaban J connectivity index is 1.55. The summed E-state index contributed by atoms with van der Waals surface area (Å²) in [5.41, 5.74) is 3.56. The molecule has 0 aromatic carbocycles. The van der Waals surface area contributed by atoms with Crippen molar-refractivity contribution in [1.82, 2.24) is 15.0 Å². The zero-order chi connectivity index (χ0) is 20.7. The first-order valence-corrected chi connectivity index (χ1v) is 9.99. The van der Waals surface area contributed by atoms with E-state index >= 15 is 0 Å². The number of hydrogen-bond acceptors (Lipinski definition) is 5. The number of nitrogens with zero attached hydrogens (tertiary/aromatic N) is 5. The first-order valence-electron chi connectivity index (χ1n) is 9.99. The Bertz CT molecular complexity index is 1120. The largest absolute Gasteiger partial charge is 0.366 e. The van der Waals surface area contributed by atoms with Crippen LogP contribution in [0.5, 0.6) is 0 Å². The minimum Gasteiger partial charge on any atom is -0.366 e. The normalized spacial score (nSPS) is 17.5. The van der Waals surface area contributed by atoms with Gasteiger partial charge < -0.3 is 4.90 Å². The van der Waals surface area contributed by atoms with Gasteiger partial charge in [0, 0.05) is 42.8 Å². The average molecular weight is 404 g/mol. The van der Waals surface area contributed by atoms with Crippen LogP contribution in [0.1, 0.15) is 18.5 Å². The van der Waals surface area contributed by atoms with Gasteiger partial charge in [-0.3, -0.25) is 15.2 Å². The third-order valence-electron chi connectivity index (χ3n) is 5.55. The van der Waals surface area contributed by atoms with Crippen LogP contribution in [0.15, 0.2) is 48.8 Å². The van der Waals surface area contributed by atoms with E-state index in [1.807, 2.05) is 31.2 Å². The van der Waals surface area contributed by atoms with Crippen molar-refractivity contribution >= 4 is 23.4 Å². The fourth-order valence-electron chi connectivity index (χ4n) is 4.19. The Labute approximate surface area is 173 Å². The number of piperidine rings is 1. The second-order valence-electron chi connectivity index (χ2n) is 7.63. The lowest BCUT2D eigenvalue weighted by atomic mass is 9.99. The highest BCUT2D eigenvalue weighted by Crippen LogP contribution is 2.39. The van der Waals surface area contributed by atoms with Crippen molar-refractivity contribution in [3.63, 3.8) is 0 Å². The predicted octanol–water partition coefficient (Wildman–Crippen LogP) is 4.01. The number of amides is 2. The molecule has 7 nitrogen and oxygen atoms in total. The van der Waals surface area contributed by atoms with Gasteiger partial charge in [0.1, 0.15) is 11.6 Å². The fourth-order valence-corrected chi connectivity index (χ4v) is 4.19. The number of hydrogen-bond donors (Lipinski definition) is 1. The van der Waals surface area contributed by atoms with Crippen molar-refractivity contribution in [3.8, 4) is 11.3 Å². The summed E-state index contributed by atoms with van der Waals surface area (Å²) in [6.07, 6.45) is 4.97. The summed E-state index contributed by atoms with van der Waals surface area (Å²) in [6, 6.07) is 9.99. The number of nitrogens with one attached hydrogen (secondary N) is 1. The lowest BCUT2D eigenvalue weighted by Crippen LogP contribution is -2.56. The molecule has 3 aromatic rings. The van der Waals surface area contributed by atoms with Gasteiger partial charge in [-0.1, -0.05) is 0 Å². The minimum absolute atomic E-state index is 0.00161. The number of aromatic nitrogens is 3. The number of carbonyl (C=O) groups excluding carboxylic acids is 1. The maximum atomic E-state index is 13.5. The van der Waals surface area contributed by atoms with Gasteiger partial charge in [0.05, 0.1) is 17.4 Å². The van der Waals surface area contributed by atoms with E-state index < -0.39 is 5.82 Å². The van der Waals surface area contributed by atoms with Crippen molar-refractivity contribution in [1.29, 1.82) is 0 Å². The Morgan fingerprint density at radius 2 is 2.03 bits per heavy atom.